The van der Waals surface area contributed by atoms with E-state index in [2.05, 4.69) is 0 Å². The fourth-order valence-corrected chi connectivity index (χ4v) is 2.00. The van der Waals surface area contributed by atoms with Crippen LogP contribution in [0, 0.1) is 5.92 Å². The Morgan fingerprint density at radius 2 is 1.95 bits per heavy atom. The number of rotatable bonds is 1. The van der Waals surface area contributed by atoms with Crippen LogP contribution in [0.3, 0.4) is 0 Å². The molecule has 2 atom stereocenters. The summed E-state index contributed by atoms with van der Waals surface area (Å²) in [7, 11) is 1.35. The van der Waals surface area contributed by atoms with Crippen molar-refractivity contribution in [2.45, 2.75) is 45.8 Å². The third-order valence-electron chi connectivity index (χ3n) is 2.99. The van der Waals surface area contributed by atoms with E-state index in [0.717, 1.165) is 0 Å². The van der Waals surface area contributed by atoms with E-state index in [9.17, 15) is 9.59 Å². The summed E-state index contributed by atoms with van der Waals surface area (Å²) in [5.41, 5.74) is -0.544. The molecular formula is C14H23NO4. The Kier molecular flexibility index (Phi) is 4.97. The number of amides is 1. The third kappa shape index (κ3) is 4.26. The van der Waals surface area contributed by atoms with Gasteiger partial charge in [-0.1, -0.05) is 12.2 Å². The van der Waals surface area contributed by atoms with Gasteiger partial charge in [0.15, 0.2) is 0 Å². The van der Waals surface area contributed by atoms with Gasteiger partial charge in [0.1, 0.15) is 5.60 Å². The molecule has 0 saturated heterocycles. The molecular weight excluding hydrogens is 246 g/mol. The molecule has 5 heteroatoms. The second-order valence-electron chi connectivity index (χ2n) is 5.68. The van der Waals surface area contributed by atoms with E-state index >= 15 is 0 Å². The van der Waals surface area contributed by atoms with Gasteiger partial charge in [0.05, 0.1) is 13.0 Å². The van der Waals surface area contributed by atoms with Crippen molar-refractivity contribution in [3.05, 3.63) is 12.2 Å². The van der Waals surface area contributed by atoms with Crippen LogP contribution in [-0.2, 0) is 14.3 Å². The van der Waals surface area contributed by atoms with Crippen molar-refractivity contribution in [2.24, 2.45) is 5.92 Å². The van der Waals surface area contributed by atoms with Crippen LogP contribution >= 0.6 is 0 Å². The van der Waals surface area contributed by atoms with Crippen LogP contribution in [0.15, 0.2) is 12.2 Å². The van der Waals surface area contributed by atoms with Gasteiger partial charge in [-0.15, -0.1) is 0 Å². The number of hydrogen-bond donors (Lipinski definition) is 0. The Morgan fingerprint density at radius 3 is 2.47 bits per heavy atom. The molecule has 0 aromatic heterocycles. The van der Waals surface area contributed by atoms with Crippen molar-refractivity contribution < 1.29 is 19.1 Å². The predicted octanol–water partition coefficient (Wildman–Crippen LogP) is 2.36. The first-order valence-electron chi connectivity index (χ1n) is 6.50. The van der Waals surface area contributed by atoms with E-state index in [0.29, 0.717) is 13.0 Å². The lowest BCUT2D eigenvalue weighted by Crippen LogP contribution is -2.46. The Morgan fingerprint density at radius 1 is 1.32 bits per heavy atom. The normalized spacial score (nSPS) is 23.7. The van der Waals surface area contributed by atoms with E-state index in [1.807, 2.05) is 33.8 Å². The van der Waals surface area contributed by atoms with Crippen LogP contribution in [-0.4, -0.2) is 42.3 Å². The van der Waals surface area contributed by atoms with E-state index in [1.165, 1.54) is 7.11 Å². The molecule has 0 radical (unpaired) electrons. The molecule has 108 valence electrons. The van der Waals surface area contributed by atoms with Crippen LogP contribution in [0.5, 0.6) is 0 Å². The van der Waals surface area contributed by atoms with Gasteiger partial charge in [-0.25, -0.2) is 4.79 Å². The number of methoxy groups -OCH3 is 1. The number of carbonyl (C=O) groups is 2. The quantitative estimate of drug-likeness (QED) is 0.541. The standard InChI is InChI=1S/C14H23NO4/c1-10-11(12(16)18-5)8-6-7-9-15(10)13(17)19-14(2,3)4/h6,8,10-11H,7,9H2,1-5H3/t10-,11+/m0/s1. The molecule has 0 saturated carbocycles. The van der Waals surface area contributed by atoms with Crippen molar-refractivity contribution >= 4 is 12.1 Å². The van der Waals surface area contributed by atoms with Crippen LogP contribution in [0.2, 0.25) is 0 Å². The first-order valence-corrected chi connectivity index (χ1v) is 6.50. The number of nitrogens with zero attached hydrogens (tertiary/aromatic N) is 1. The van der Waals surface area contributed by atoms with E-state index < -0.39 is 17.6 Å². The molecule has 1 rings (SSSR count). The summed E-state index contributed by atoms with van der Waals surface area (Å²) in [4.78, 5) is 25.5. The van der Waals surface area contributed by atoms with Crippen LogP contribution in [0.25, 0.3) is 0 Å². The highest BCUT2D eigenvalue weighted by Crippen LogP contribution is 2.21. The van der Waals surface area contributed by atoms with Gasteiger partial charge < -0.3 is 14.4 Å². The maximum atomic E-state index is 12.2. The lowest BCUT2D eigenvalue weighted by molar-refractivity contribution is -0.145. The lowest BCUT2D eigenvalue weighted by Gasteiger charge is -2.32. The van der Waals surface area contributed by atoms with Crippen molar-refractivity contribution in [3.63, 3.8) is 0 Å². The minimum atomic E-state index is -0.544. The Hall–Kier alpha value is -1.52. The molecule has 1 amide bonds. The molecule has 1 aliphatic rings. The highest BCUT2D eigenvalue weighted by molar-refractivity contribution is 5.77. The molecule has 0 aliphatic carbocycles. The minimum Gasteiger partial charge on any atom is -0.469 e. The lowest BCUT2D eigenvalue weighted by atomic mass is 10.0. The molecule has 0 aromatic rings. The summed E-state index contributed by atoms with van der Waals surface area (Å²) in [6.07, 6.45) is 4.03. The SMILES string of the molecule is COC(=O)[C@@H]1C=CCCN(C(=O)OC(C)(C)C)[C@H]1C. The van der Waals surface area contributed by atoms with Gasteiger partial charge in [-0.3, -0.25) is 4.79 Å². The summed E-state index contributed by atoms with van der Waals surface area (Å²) in [5, 5.41) is 0. The van der Waals surface area contributed by atoms with Crippen molar-refractivity contribution in [1.82, 2.24) is 4.90 Å². The largest absolute Gasteiger partial charge is 0.469 e. The molecule has 0 bridgehead atoms. The number of hydrogen-bond acceptors (Lipinski definition) is 4. The molecule has 19 heavy (non-hydrogen) atoms. The Balaban J connectivity index is 2.84. The second kappa shape index (κ2) is 6.08. The highest BCUT2D eigenvalue weighted by Gasteiger charge is 2.34. The van der Waals surface area contributed by atoms with Gasteiger partial charge in [0.25, 0.3) is 0 Å². The molecule has 0 spiro atoms. The van der Waals surface area contributed by atoms with Crippen LogP contribution in [0.4, 0.5) is 4.79 Å². The van der Waals surface area contributed by atoms with Crippen molar-refractivity contribution in [3.8, 4) is 0 Å². The van der Waals surface area contributed by atoms with Crippen molar-refractivity contribution in [2.75, 3.05) is 13.7 Å². The molecule has 0 N–H and O–H groups in total. The fourth-order valence-electron chi connectivity index (χ4n) is 2.00. The number of carbonyl (C=O) groups excluding carboxylic acids is 2. The van der Waals surface area contributed by atoms with Gasteiger partial charge >= 0.3 is 12.1 Å². The van der Waals surface area contributed by atoms with Gasteiger partial charge in [-0.2, -0.15) is 0 Å². The summed E-state index contributed by atoms with van der Waals surface area (Å²) >= 11 is 0. The van der Waals surface area contributed by atoms with Gasteiger partial charge in [-0.05, 0) is 34.1 Å². The van der Waals surface area contributed by atoms with E-state index in [-0.39, 0.29) is 12.0 Å². The average molecular weight is 269 g/mol. The maximum absolute atomic E-state index is 12.2. The Bertz CT molecular complexity index is 370. The minimum absolute atomic E-state index is 0.277. The third-order valence-corrected chi connectivity index (χ3v) is 2.99. The summed E-state index contributed by atoms with van der Waals surface area (Å²) < 4.78 is 10.1. The van der Waals surface area contributed by atoms with E-state index in [1.54, 1.807) is 11.0 Å². The van der Waals surface area contributed by atoms with Crippen LogP contribution in [0.1, 0.15) is 34.1 Å². The average Bonchev–Trinajstić information content (AvgIpc) is 2.48. The van der Waals surface area contributed by atoms with Gasteiger partial charge in [0.2, 0.25) is 0 Å². The fraction of sp³-hybridized carbons (Fsp3) is 0.714. The number of ether oxygens (including phenoxy) is 2. The summed E-state index contributed by atoms with van der Waals surface area (Å²) in [6.45, 7) is 7.84. The first-order chi connectivity index (χ1) is 8.76. The zero-order valence-electron chi connectivity index (χ0n) is 12.3. The second-order valence-corrected chi connectivity index (χ2v) is 5.68. The zero-order chi connectivity index (χ0) is 14.6. The Labute approximate surface area is 114 Å². The molecule has 0 fully saturated rings. The monoisotopic (exact) mass is 269 g/mol. The predicted molar refractivity (Wildman–Crippen MR) is 71.7 cm³/mol. The van der Waals surface area contributed by atoms with E-state index in [4.69, 9.17) is 9.47 Å². The van der Waals surface area contributed by atoms with Gasteiger partial charge in [0, 0.05) is 12.6 Å². The summed E-state index contributed by atoms with van der Waals surface area (Å²) in [6, 6.07) is -0.277. The molecule has 0 unspecified atom stereocenters. The van der Waals surface area contributed by atoms with Crippen LogP contribution < -0.4 is 0 Å². The molecule has 1 aliphatic heterocycles. The molecule has 0 aromatic carbocycles. The smallest absolute Gasteiger partial charge is 0.410 e. The zero-order valence-corrected chi connectivity index (χ0v) is 12.3. The number of esters is 1. The molecule has 5 nitrogen and oxygen atoms in total. The molecule has 1 heterocycles. The first kappa shape index (κ1) is 15.5. The van der Waals surface area contributed by atoms with Crippen molar-refractivity contribution in [1.29, 1.82) is 0 Å². The maximum Gasteiger partial charge on any atom is 0.410 e. The highest BCUT2D eigenvalue weighted by atomic mass is 16.6. The summed E-state index contributed by atoms with van der Waals surface area (Å²) in [5.74, 6) is -0.778. The topological polar surface area (TPSA) is 55.8 Å².